The zero-order valence-electron chi connectivity index (χ0n) is 11.5. The van der Waals surface area contributed by atoms with Gasteiger partial charge in [0.25, 0.3) is 0 Å². The van der Waals surface area contributed by atoms with Crippen LogP contribution in [0.3, 0.4) is 0 Å². The quantitative estimate of drug-likeness (QED) is 0.764. The summed E-state index contributed by atoms with van der Waals surface area (Å²) in [6.45, 7) is 0.238. The topological polar surface area (TPSA) is 55.5 Å². The third kappa shape index (κ3) is 5.50. The molecule has 2 aromatic rings. The van der Waals surface area contributed by atoms with E-state index in [9.17, 15) is 5.11 Å². The Hall–Kier alpha value is -1.36. The molecule has 0 aliphatic heterocycles. The predicted octanol–water partition coefficient (Wildman–Crippen LogP) is 3.60. The Balaban J connectivity index is 1.69. The van der Waals surface area contributed by atoms with E-state index in [1.54, 1.807) is 23.9 Å². The first-order valence-corrected chi connectivity index (χ1v) is 8.16. The normalized spacial score (nSPS) is 12.1. The second kappa shape index (κ2) is 8.17. The Morgan fingerprint density at radius 1 is 1.14 bits per heavy atom. The number of thioether (sulfide) groups is 1. The Morgan fingerprint density at radius 2 is 1.86 bits per heavy atom. The first-order valence-electron chi connectivity index (χ1n) is 6.62. The predicted molar refractivity (Wildman–Crippen MR) is 90.0 cm³/mol. The van der Waals surface area contributed by atoms with Gasteiger partial charge in [0.2, 0.25) is 0 Å². The minimum atomic E-state index is -0.526. The Morgan fingerprint density at radius 3 is 2.57 bits per heavy atom. The molecule has 2 aromatic carbocycles. The van der Waals surface area contributed by atoms with Crippen molar-refractivity contribution in [3.05, 3.63) is 59.1 Å². The van der Waals surface area contributed by atoms with Crippen LogP contribution in [0.4, 0.5) is 5.69 Å². The molecule has 0 fully saturated rings. The fourth-order valence-corrected chi connectivity index (χ4v) is 2.78. The van der Waals surface area contributed by atoms with Crippen LogP contribution in [0, 0.1) is 0 Å². The maximum Gasteiger partial charge on any atom is 0.142 e. The SMILES string of the molecule is Nc1ccccc1OCC(O)CSCc1ccc(Cl)cc1. The van der Waals surface area contributed by atoms with Crippen LogP contribution < -0.4 is 10.5 Å². The van der Waals surface area contributed by atoms with Crippen LogP contribution in [0.2, 0.25) is 5.02 Å². The number of nitrogen functional groups attached to an aromatic ring is 1. The van der Waals surface area contributed by atoms with E-state index in [-0.39, 0.29) is 6.61 Å². The van der Waals surface area contributed by atoms with Crippen molar-refractivity contribution in [2.24, 2.45) is 0 Å². The van der Waals surface area contributed by atoms with Crippen LogP contribution >= 0.6 is 23.4 Å². The molecule has 3 nitrogen and oxygen atoms in total. The molecule has 0 amide bonds. The second-order valence-electron chi connectivity index (χ2n) is 4.64. The smallest absolute Gasteiger partial charge is 0.142 e. The summed E-state index contributed by atoms with van der Waals surface area (Å²) in [4.78, 5) is 0. The van der Waals surface area contributed by atoms with E-state index in [4.69, 9.17) is 22.1 Å². The van der Waals surface area contributed by atoms with Gasteiger partial charge in [0.1, 0.15) is 12.4 Å². The Labute approximate surface area is 134 Å². The summed E-state index contributed by atoms with van der Waals surface area (Å²) in [5.41, 5.74) is 7.54. The fraction of sp³-hybridized carbons (Fsp3) is 0.250. The molecule has 0 spiro atoms. The Bertz CT molecular complexity index is 562. The largest absolute Gasteiger partial charge is 0.489 e. The van der Waals surface area contributed by atoms with Gasteiger partial charge in [-0.3, -0.25) is 0 Å². The number of nitrogens with two attached hydrogens (primary N) is 1. The maximum atomic E-state index is 9.92. The van der Waals surface area contributed by atoms with Crippen LogP contribution in [-0.4, -0.2) is 23.6 Å². The molecule has 5 heteroatoms. The number of benzene rings is 2. The van der Waals surface area contributed by atoms with Crippen molar-refractivity contribution >= 4 is 29.1 Å². The lowest BCUT2D eigenvalue weighted by atomic mass is 10.2. The molecular formula is C16H18ClNO2S. The molecule has 0 aliphatic carbocycles. The minimum absolute atomic E-state index is 0.238. The number of anilines is 1. The summed E-state index contributed by atoms with van der Waals surface area (Å²) in [7, 11) is 0. The molecular weight excluding hydrogens is 306 g/mol. The van der Waals surface area contributed by atoms with Gasteiger partial charge in [-0.2, -0.15) is 11.8 Å². The number of ether oxygens (including phenoxy) is 1. The zero-order valence-corrected chi connectivity index (χ0v) is 13.1. The average molecular weight is 324 g/mol. The lowest BCUT2D eigenvalue weighted by molar-refractivity contribution is 0.127. The highest BCUT2D eigenvalue weighted by Gasteiger charge is 2.07. The van der Waals surface area contributed by atoms with Gasteiger partial charge in [0.05, 0.1) is 11.8 Å². The van der Waals surface area contributed by atoms with E-state index in [2.05, 4.69) is 0 Å². The molecule has 3 N–H and O–H groups in total. The molecule has 0 bridgehead atoms. The summed E-state index contributed by atoms with van der Waals surface area (Å²) in [5.74, 6) is 2.05. The Kier molecular flexibility index (Phi) is 6.23. The number of aliphatic hydroxyl groups excluding tert-OH is 1. The van der Waals surface area contributed by atoms with Gasteiger partial charge in [-0.05, 0) is 29.8 Å². The van der Waals surface area contributed by atoms with Gasteiger partial charge < -0.3 is 15.6 Å². The average Bonchev–Trinajstić information content (AvgIpc) is 2.48. The summed E-state index contributed by atoms with van der Waals surface area (Å²) in [6.07, 6.45) is -0.526. The van der Waals surface area contributed by atoms with Crippen molar-refractivity contribution in [3.8, 4) is 5.75 Å². The van der Waals surface area contributed by atoms with Gasteiger partial charge in [-0.1, -0.05) is 35.9 Å². The summed E-state index contributed by atoms with van der Waals surface area (Å²) in [6, 6.07) is 15.0. The first kappa shape index (κ1) is 16.0. The van der Waals surface area contributed by atoms with Gasteiger partial charge >= 0.3 is 0 Å². The molecule has 2 rings (SSSR count). The standard InChI is InChI=1S/C16H18ClNO2S/c17-13-7-5-12(6-8-13)10-21-11-14(19)9-20-16-4-2-1-3-15(16)18/h1-8,14,19H,9-11,18H2. The highest BCUT2D eigenvalue weighted by Crippen LogP contribution is 2.20. The molecule has 1 unspecified atom stereocenters. The first-order chi connectivity index (χ1) is 10.1. The monoisotopic (exact) mass is 323 g/mol. The van der Waals surface area contributed by atoms with Crippen LogP contribution in [-0.2, 0) is 5.75 Å². The van der Waals surface area contributed by atoms with Crippen molar-refractivity contribution in [1.29, 1.82) is 0 Å². The number of para-hydroxylation sites is 2. The van der Waals surface area contributed by atoms with E-state index in [0.717, 1.165) is 10.8 Å². The molecule has 1 atom stereocenters. The molecule has 0 aliphatic rings. The molecule has 0 saturated heterocycles. The number of rotatable bonds is 7. The van der Waals surface area contributed by atoms with E-state index >= 15 is 0 Å². The van der Waals surface area contributed by atoms with E-state index < -0.39 is 6.10 Å². The van der Waals surface area contributed by atoms with E-state index in [1.807, 2.05) is 36.4 Å². The maximum absolute atomic E-state index is 9.92. The molecule has 0 aromatic heterocycles. The highest BCUT2D eigenvalue weighted by atomic mass is 35.5. The van der Waals surface area contributed by atoms with Gasteiger partial charge in [0, 0.05) is 16.5 Å². The lowest BCUT2D eigenvalue weighted by Gasteiger charge is -2.13. The fourth-order valence-electron chi connectivity index (χ4n) is 1.74. The third-order valence-electron chi connectivity index (χ3n) is 2.84. The van der Waals surface area contributed by atoms with Gasteiger partial charge in [-0.15, -0.1) is 0 Å². The van der Waals surface area contributed by atoms with Crippen molar-refractivity contribution in [2.75, 3.05) is 18.1 Å². The van der Waals surface area contributed by atoms with Crippen LogP contribution in [0.5, 0.6) is 5.75 Å². The summed E-state index contributed by atoms with van der Waals surface area (Å²) >= 11 is 7.49. The molecule has 0 heterocycles. The number of hydrogen-bond acceptors (Lipinski definition) is 4. The summed E-state index contributed by atoms with van der Waals surface area (Å²) in [5, 5.41) is 10.6. The highest BCUT2D eigenvalue weighted by molar-refractivity contribution is 7.98. The molecule has 21 heavy (non-hydrogen) atoms. The van der Waals surface area contributed by atoms with E-state index in [0.29, 0.717) is 17.2 Å². The van der Waals surface area contributed by atoms with Crippen molar-refractivity contribution in [2.45, 2.75) is 11.9 Å². The number of halogens is 1. The lowest BCUT2D eigenvalue weighted by Crippen LogP contribution is -2.20. The van der Waals surface area contributed by atoms with Gasteiger partial charge in [0.15, 0.2) is 0 Å². The van der Waals surface area contributed by atoms with Gasteiger partial charge in [-0.25, -0.2) is 0 Å². The van der Waals surface area contributed by atoms with Crippen molar-refractivity contribution in [3.63, 3.8) is 0 Å². The molecule has 112 valence electrons. The van der Waals surface area contributed by atoms with Crippen molar-refractivity contribution in [1.82, 2.24) is 0 Å². The van der Waals surface area contributed by atoms with Crippen LogP contribution in [0.1, 0.15) is 5.56 Å². The van der Waals surface area contributed by atoms with Crippen LogP contribution in [0.25, 0.3) is 0 Å². The molecule has 0 radical (unpaired) electrons. The van der Waals surface area contributed by atoms with Crippen molar-refractivity contribution < 1.29 is 9.84 Å². The minimum Gasteiger partial charge on any atom is -0.489 e. The third-order valence-corrected chi connectivity index (χ3v) is 4.25. The van der Waals surface area contributed by atoms with E-state index in [1.165, 1.54) is 5.56 Å². The number of aliphatic hydroxyl groups is 1. The number of hydrogen-bond donors (Lipinski definition) is 2. The molecule has 0 saturated carbocycles. The summed E-state index contributed by atoms with van der Waals surface area (Å²) < 4.78 is 5.51. The van der Waals surface area contributed by atoms with Crippen LogP contribution in [0.15, 0.2) is 48.5 Å². The second-order valence-corrected chi connectivity index (χ2v) is 6.11. The zero-order chi connectivity index (χ0) is 15.1.